The number of ether oxygens (including phenoxy) is 2. The summed E-state index contributed by atoms with van der Waals surface area (Å²) in [5.74, 6) is 0.180. The fourth-order valence-electron chi connectivity index (χ4n) is 4.40. The molecule has 1 fully saturated rings. The Morgan fingerprint density at radius 1 is 1.18 bits per heavy atom. The van der Waals surface area contributed by atoms with E-state index in [1.165, 1.54) is 7.11 Å². The van der Waals surface area contributed by atoms with Crippen molar-refractivity contribution in [1.82, 2.24) is 19.8 Å². The van der Waals surface area contributed by atoms with Crippen LogP contribution < -0.4 is 5.32 Å². The summed E-state index contributed by atoms with van der Waals surface area (Å²) >= 11 is 0. The average molecular weight is 517 g/mol. The maximum atomic E-state index is 13.9. The Morgan fingerprint density at radius 2 is 1.91 bits per heavy atom. The number of amides is 1. The molecule has 1 amide bonds. The minimum absolute atomic E-state index is 0. The number of aromatic nitrogens is 2. The predicted molar refractivity (Wildman–Crippen MR) is 138 cm³/mol. The van der Waals surface area contributed by atoms with E-state index in [1.54, 1.807) is 7.11 Å². The van der Waals surface area contributed by atoms with Gasteiger partial charge in [-0.2, -0.15) is 0 Å². The number of benzene rings is 1. The standard InChI is InChI=1S/C24H36N4O4.2ClH/c1-17(2)16-28(19-13-18(14-25-15-19)24(30)32-4)23(29)22-26-20-9-5-6-10-21(20)27(22)11-7-8-12-31-3;;/h5-6,9-10,17-19,25H,7-8,11-16H2,1-4H3;2*1H/t18-,19+;;/m1../s1. The number of methoxy groups -OCH3 is 2. The Labute approximate surface area is 214 Å². The smallest absolute Gasteiger partial charge is 0.310 e. The van der Waals surface area contributed by atoms with Crippen LogP contribution >= 0.6 is 24.8 Å². The molecule has 1 aliphatic rings. The lowest BCUT2D eigenvalue weighted by Crippen LogP contribution is -2.54. The zero-order chi connectivity index (χ0) is 23.1. The van der Waals surface area contributed by atoms with Crippen molar-refractivity contribution in [3.63, 3.8) is 0 Å². The summed E-state index contributed by atoms with van der Waals surface area (Å²) in [7, 11) is 3.11. The van der Waals surface area contributed by atoms with Gasteiger partial charge < -0.3 is 24.3 Å². The SMILES string of the molecule is COCCCCn1c(C(=O)N(CC(C)C)[C@@H]2CNC[C@H](C(=O)OC)C2)nc2ccccc21.Cl.Cl. The number of hydrogen-bond donors (Lipinski definition) is 1. The third-order valence-electron chi connectivity index (χ3n) is 5.95. The van der Waals surface area contributed by atoms with Gasteiger partial charge >= 0.3 is 5.97 Å². The molecule has 0 spiro atoms. The molecule has 2 aromatic rings. The monoisotopic (exact) mass is 516 g/mol. The van der Waals surface area contributed by atoms with E-state index in [1.807, 2.05) is 33.7 Å². The molecule has 2 atom stereocenters. The molecular formula is C24H38Cl2N4O4. The summed E-state index contributed by atoms with van der Waals surface area (Å²) < 4.78 is 12.2. The predicted octanol–water partition coefficient (Wildman–Crippen LogP) is 3.56. The Kier molecular flexibility index (Phi) is 12.9. The van der Waals surface area contributed by atoms with Crippen molar-refractivity contribution >= 4 is 47.7 Å². The molecule has 0 unspecified atom stereocenters. The number of para-hydroxylation sites is 2. The summed E-state index contributed by atoms with van der Waals surface area (Å²) in [5.41, 5.74) is 1.79. The second-order valence-corrected chi connectivity index (χ2v) is 8.89. The minimum atomic E-state index is -0.255. The first-order valence-electron chi connectivity index (χ1n) is 11.5. The molecule has 1 aromatic heterocycles. The van der Waals surface area contributed by atoms with E-state index < -0.39 is 0 Å². The summed E-state index contributed by atoms with van der Waals surface area (Å²) in [6.07, 6.45) is 2.40. The largest absolute Gasteiger partial charge is 0.469 e. The van der Waals surface area contributed by atoms with E-state index in [4.69, 9.17) is 14.5 Å². The Balaban J connectivity index is 0.00000289. The molecule has 0 saturated carbocycles. The Morgan fingerprint density at radius 3 is 2.59 bits per heavy atom. The first-order valence-corrected chi connectivity index (χ1v) is 11.5. The lowest BCUT2D eigenvalue weighted by molar-refractivity contribution is -0.146. The summed E-state index contributed by atoms with van der Waals surface area (Å²) in [5, 5.41) is 3.31. The minimum Gasteiger partial charge on any atom is -0.469 e. The molecule has 8 nitrogen and oxygen atoms in total. The number of esters is 1. The molecule has 2 heterocycles. The van der Waals surface area contributed by atoms with E-state index in [0.29, 0.717) is 45.0 Å². The molecule has 0 radical (unpaired) electrons. The van der Waals surface area contributed by atoms with Crippen molar-refractivity contribution in [1.29, 1.82) is 0 Å². The van der Waals surface area contributed by atoms with Crippen molar-refractivity contribution in [3.05, 3.63) is 30.1 Å². The molecule has 0 bridgehead atoms. The van der Waals surface area contributed by atoms with Gasteiger partial charge in [0.1, 0.15) is 0 Å². The normalized spacial score (nSPS) is 17.7. The van der Waals surface area contributed by atoms with Gasteiger partial charge in [-0.05, 0) is 37.3 Å². The second kappa shape index (κ2) is 14.5. The molecular weight excluding hydrogens is 479 g/mol. The van der Waals surface area contributed by atoms with E-state index in [0.717, 1.165) is 23.9 Å². The number of imidazole rings is 1. The summed E-state index contributed by atoms with van der Waals surface area (Å²) in [6.45, 7) is 7.42. The molecule has 1 saturated heterocycles. The first kappa shape index (κ1) is 30.2. The fraction of sp³-hybridized carbons (Fsp3) is 0.625. The summed E-state index contributed by atoms with van der Waals surface area (Å²) in [4.78, 5) is 32.7. The number of rotatable bonds is 10. The molecule has 10 heteroatoms. The van der Waals surface area contributed by atoms with E-state index in [2.05, 4.69) is 19.2 Å². The van der Waals surface area contributed by atoms with Crippen LogP contribution in [0.25, 0.3) is 11.0 Å². The number of fused-ring (bicyclic) bond motifs is 1. The number of hydrogen-bond acceptors (Lipinski definition) is 6. The quantitative estimate of drug-likeness (QED) is 0.383. The topological polar surface area (TPSA) is 85.7 Å². The Bertz CT molecular complexity index is 922. The van der Waals surface area contributed by atoms with Gasteiger partial charge in [-0.25, -0.2) is 4.98 Å². The fourth-order valence-corrected chi connectivity index (χ4v) is 4.40. The zero-order valence-electron chi connectivity index (χ0n) is 20.5. The third-order valence-corrected chi connectivity index (χ3v) is 5.95. The number of nitrogens with one attached hydrogen (secondary N) is 1. The molecule has 0 aliphatic carbocycles. The lowest BCUT2D eigenvalue weighted by Gasteiger charge is -2.38. The van der Waals surface area contributed by atoms with Crippen molar-refractivity contribution in [2.75, 3.05) is 40.5 Å². The highest BCUT2D eigenvalue weighted by Gasteiger charge is 2.35. The molecule has 3 rings (SSSR count). The first-order chi connectivity index (χ1) is 15.5. The van der Waals surface area contributed by atoms with Crippen LogP contribution in [0.2, 0.25) is 0 Å². The van der Waals surface area contributed by atoms with Gasteiger partial charge in [0.05, 0.1) is 24.1 Å². The highest BCUT2D eigenvalue weighted by atomic mass is 35.5. The van der Waals surface area contributed by atoms with E-state index in [-0.39, 0.29) is 54.6 Å². The number of unbranched alkanes of at least 4 members (excludes halogenated alkanes) is 1. The van der Waals surface area contributed by atoms with Gasteiger partial charge in [0.15, 0.2) is 5.82 Å². The zero-order valence-corrected chi connectivity index (χ0v) is 22.1. The van der Waals surface area contributed by atoms with Crippen molar-refractivity contribution < 1.29 is 19.1 Å². The number of carbonyl (C=O) groups excluding carboxylic acids is 2. The van der Waals surface area contributed by atoms with Crippen LogP contribution in [-0.4, -0.2) is 72.8 Å². The molecule has 1 aromatic carbocycles. The van der Waals surface area contributed by atoms with Crippen LogP contribution in [0.15, 0.2) is 24.3 Å². The van der Waals surface area contributed by atoms with Crippen LogP contribution in [0.4, 0.5) is 0 Å². The van der Waals surface area contributed by atoms with Crippen molar-refractivity contribution in [3.8, 4) is 0 Å². The van der Waals surface area contributed by atoms with Crippen LogP contribution in [0, 0.1) is 11.8 Å². The molecule has 1 N–H and O–H groups in total. The number of piperidine rings is 1. The number of carbonyl (C=O) groups is 2. The van der Waals surface area contributed by atoms with Gasteiger partial charge in [-0.3, -0.25) is 9.59 Å². The highest BCUT2D eigenvalue weighted by molar-refractivity contribution is 5.95. The highest BCUT2D eigenvalue weighted by Crippen LogP contribution is 2.23. The van der Waals surface area contributed by atoms with Crippen LogP contribution in [0.3, 0.4) is 0 Å². The maximum absolute atomic E-state index is 13.9. The maximum Gasteiger partial charge on any atom is 0.310 e. The van der Waals surface area contributed by atoms with Gasteiger partial charge in [-0.1, -0.05) is 26.0 Å². The molecule has 34 heavy (non-hydrogen) atoms. The lowest BCUT2D eigenvalue weighted by atomic mass is 9.94. The van der Waals surface area contributed by atoms with Gasteiger partial charge in [0.2, 0.25) is 0 Å². The van der Waals surface area contributed by atoms with E-state index >= 15 is 0 Å². The number of aryl methyl sites for hydroxylation is 1. The number of nitrogens with zero attached hydrogens (tertiary/aromatic N) is 3. The molecule has 192 valence electrons. The Hall–Kier alpha value is -1.87. The van der Waals surface area contributed by atoms with Crippen LogP contribution in [0.1, 0.15) is 43.7 Å². The number of halogens is 2. The third kappa shape index (κ3) is 7.31. The second-order valence-electron chi connectivity index (χ2n) is 8.89. The van der Waals surface area contributed by atoms with E-state index in [9.17, 15) is 9.59 Å². The van der Waals surface area contributed by atoms with Gasteiger partial charge in [0.25, 0.3) is 5.91 Å². The average Bonchev–Trinajstić information content (AvgIpc) is 3.18. The van der Waals surface area contributed by atoms with Crippen molar-refractivity contribution in [2.24, 2.45) is 11.8 Å². The van der Waals surface area contributed by atoms with Crippen molar-refractivity contribution in [2.45, 2.75) is 45.7 Å². The van der Waals surface area contributed by atoms with Crippen LogP contribution in [-0.2, 0) is 20.8 Å². The molecule has 1 aliphatic heterocycles. The van der Waals surface area contributed by atoms with Crippen LogP contribution in [0.5, 0.6) is 0 Å². The van der Waals surface area contributed by atoms with Gasteiger partial charge in [0, 0.05) is 45.9 Å². The summed E-state index contributed by atoms with van der Waals surface area (Å²) in [6, 6.07) is 7.78. The van der Waals surface area contributed by atoms with Gasteiger partial charge in [-0.15, -0.1) is 24.8 Å².